The normalized spacial score (nSPS) is 27.3. The molecule has 0 bridgehead atoms. The average molecular weight is 290 g/mol. The van der Waals surface area contributed by atoms with Crippen LogP contribution < -0.4 is 0 Å². The summed E-state index contributed by atoms with van der Waals surface area (Å²) in [6, 6.07) is 8.31. The minimum absolute atomic E-state index is 0.0814. The second-order valence-corrected chi connectivity index (χ2v) is 6.52. The van der Waals surface area contributed by atoms with Gasteiger partial charge >= 0.3 is 5.97 Å². The number of carbonyl (C=O) groups is 1. The Morgan fingerprint density at radius 1 is 1.43 bits per heavy atom. The third-order valence-corrected chi connectivity index (χ3v) is 4.85. The van der Waals surface area contributed by atoms with Gasteiger partial charge in [-0.15, -0.1) is 0 Å². The zero-order valence-electron chi connectivity index (χ0n) is 13.3. The molecule has 1 heterocycles. The van der Waals surface area contributed by atoms with Crippen molar-refractivity contribution in [3.8, 4) is 0 Å². The Kier molecular flexibility index (Phi) is 5.04. The van der Waals surface area contributed by atoms with Crippen LogP contribution in [0.2, 0.25) is 0 Å². The van der Waals surface area contributed by atoms with Crippen molar-refractivity contribution < 1.29 is 14.6 Å². The number of aryl methyl sites for hydroxylation is 1. The van der Waals surface area contributed by atoms with Gasteiger partial charge in [-0.2, -0.15) is 0 Å². The summed E-state index contributed by atoms with van der Waals surface area (Å²) in [5, 5.41) is 9.29. The van der Waals surface area contributed by atoms with Gasteiger partial charge in [-0.25, -0.2) is 0 Å². The van der Waals surface area contributed by atoms with Gasteiger partial charge in [0.15, 0.2) is 0 Å². The highest BCUT2D eigenvalue weighted by molar-refractivity contribution is 5.68. The van der Waals surface area contributed by atoms with E-state index in [1.54, 1.807) is 0 Å². The first-order chi connectivity index (χ1) is 9.93. The van der Waals surface area contributed by atoms with E-state index in [0.717, 1.165) is 31.4 Å². The molecule has 116 valence electrons. The van der Waals surface area contributed by atoms with Crippen molar-refractivity contribution in [2.45, 2.75) is 58.0 Å². The summed E-state index contributed by atoms with van der Waals surface area (Å²) in [4.78, 5) is 11.3. The highest BCUT2D eigenvalue weighted by atomic mass is 16.5. The predicted molar refractivity (Wildman–Crippen MR) is 83.5 cm³/mol. The van der Waals surface area contributed by atoms with Crippen LogP contribution in [0.5, 0.6) is 0 Å². The van der Waals surface area contributed by atoms with E-state index in [0.29, 0.717) is 5.92 Å². The molecule has 1 saturated heterocycles. The number of ether oxygens (including phenoxy) is 1. The molecule has 1 aromatic carbocycles. The van der Waals surface area contributed by atoms with Crippen molar-refractivity contribution >= 4 is 5.97 Å². The molecule has 1 aliphatic rings. The Balaban J connectivity index is 2.23. The van der Waals surface area contributed by atoms with Gasteiger partial charge in [0, 0.05) is 6.61 Å². The van der Waals surface area contributed by atoms with Crippen molar-refractivity contribution in [3.05, 3.63) is 35.4 Å². The topological polar surface area (TPSA) is 46.5 Å². The fraction of sp³-hybridized carbons (Fsp3) is 0.611. The molecule has 3 nitrogen and oxygen atoms in total. The maximum absolute atomic E-state index is 11.3. The number of carboxylic acids is 1. The van der Waals surface area contributed by atoms with E-state index in [4.69, 9.17) is 4.74 Å². The smallest absolute Gasteiger partial charge is 0.303 e. The van der Waals surface area contributed by atoms with Crippen LogP contribution in [-0.4, -0.2) is 23.3 Å². The summed E-state index contributed by atoms with van der Waals surface area (Å²) in [6.07, 6.45) is 3.06. The van der Waals surface area contributed by atoms with Crippen LogP contribution in [0.15, 0.2) is 24.3 Å². The van der Waals surface area contributed by atoms with E-state index < -0.39 is 5.97 Å². The van der Waals surface area contributed by atoms with Gasteiger partial charge in [-0.05, 0) is 50.5 Å². The van der Waals surface area contributed by atoms with Crippen LogP contribution >= 0.6 is 0 Å². The molecule has 21 heavy (non-hydrogen) atoms. The van der Waals surface area contributed by atoms with Gasteiger partial charge in [0.05, 0.1) is 12.0 Å². The molecule has 0 aromatic heterocycles. The molecular weight excluding hydrogens is 264 g/mol. The molecule has 1 aliphatic heterocycles. The number of carboxylic acid groups (broad SMARTS) is 1. The number of aliphatic carboxylic acids is 1. The summed E-state index contributed by atoms with van der Waals surface area (Å²) in [5.74, 6) is -0.259. The molecule has 0 radical (unpaired) electrons. The summed E-state index contributed by atoms with van der Waals surface area (Å²) >= 11 is 0. The quantitative estimate of drug-likeness (QED) is 0.886. The van der Waals surface area contributed by atoms with Gasteiger partial charge in [0.1, 0.15) is 0 Å². The molecule has 0 aliphatic carbocycles. The van der Waals surface area contributed by atoms with Gasteiger partial charge < -0.3 is 9.84 Å². The minimum Gasteiger partial charge on any atom is -0.481 e. The second-order valence-electron chi connectivity index (χ2n) is 6.52. The fourth-order valence-corrected chi connectivity index (χ4v) is 3.32. The first-order valence-corrected chi connectivity index (χ1v) is 7.86. The Hall–Kier alpha value is -1.35. The molecule has 0 saturated carbocycles. The van der Waals surface area contributed by atoms with Crippen molar-refractivity contribution in [2.75, 3.05) is 6.61 Å². The number of hydrogen-bond donors (Lipinski definition) is 1. The van der Waals surface area contributed by atoms with Crippen LogP contribution in [0.25, 0.3) is 0 Å². The molecule has 3 heteroatoms. The first kappa shape index (κ1) is 16.0. The molecule has 2 rings (SSSR count). The highest BCUT2D eigenvalue weighted by Gasteiger charge is 2.36. The maximum Gasteiger partial charge on any atom is 0.303 e. The van der Waals surface area contributed by atoms with Crippen LogP contribution in [0.3, 0.4) is 0 Å². The Morgan fingerprint density at radius 3 is 2.67 bits per heavy atom. The van der Waals surface area contributed by atoms with Gasteiger partial charge in [0.2, 0.25) is 0 Å². The zero-order valence-corrected chi connectivity index (χ0v) is 13.3. The second kappa shape index (κ2) is 6.61. The predicted octanol–water partition coefficient (Wildman–Crippen LogP) is 4.15. The van der Waals surface area contributed by atoms with E-state index in [1.807, 2.05) is 0 Å². The molecule has 1 N–H and O–H groups in total. The summed E-state index contributed by atoms with van der Waals surface area (Å²) in [5.41, 5.74) is 2.25. The molecule has 1 aromatic rings. The Morgan fingerprint density at radius 2 is 2.10 bits per heavy atom. The number of benzene rings is 1. The SMILES string of the molecule is CC[C@@]1(C)C[C@@H]([C@@H](CC(=O)O)c2ccc(C)cc2)CCO1. The standard InChI is InChI=1S/C18H26O3/c1-4-18(3)12-15(9-10-21-18)16(11-17(19)20)14-7-5-13(2)6-8-14/h5-8,15-16H,4,9-12H2,1-3H3,(H,19,20)/t15-,16-,18-/m0/s1. The van der Waals surface area contributed by atoms with Crippen molar-refractivity contribution in [3.63, 3.8) is 0 Å². The maximum atomic E-state index is 11.3. The van der Waals surface area contributed by atoms with E-state index in [9.17, 15) is 9.90 Å². The van der Waals surface area contributed by atoms with Gasteiger partial charge in [-0.3, -0.25) is 4.79 Å². The Bertz CT molecular complexity index is 480. The molecular formula is C18H26O3. The lowest BCUT2D eigenvalue weighted by Crippen LogP contribution is -2.38. The lowest BCUT2D eigenvalue weighted by Gasteiger charge is -2.41. The third-order valence-electron chi connectivity index (χ3n) is 4.85. The van der Waals surface area contributed by atoms with Crippen LogP contribution in [0, 0.1) is 12.8 Å². The molecule has 3 atom stereocenters. The van der Waals surface area contributed by atoms with Crippen molar-refractivity contribution in [1.82, 2.24) is 0 Å². The summed E-state index contributed by atoms with van der Waals surface area (Å²) in [7, 11) is 0. The molecule has 0 spiro atoms. The number of hydrogen-bond acceptors (Lipinski definition) is 2. The monoisotopic (exact) mass is 290 g/mol. The summed E-state index contributed by atoms with van der Waals surface area (Å²) in [6.45, 7) is 7.07. The fourth-order valence-electron chi connectivity index (χ4n) is 3.32. The molecule has 0 unspecified atom stereocenters. The van der Waals surface area contributed by atoms with Crippen molar-refractivity contribution in [1.29, 1.82) is 0 Å². The van der Waals surface area contributed by atoms with Crippen molar-refractivity contribution in [2.24, 2.45) is 5.92 Å². The van der Waals surface area contributed by atoms with Gasteiger partial charge in [0.25, 0.3) is 0 Å². The van der Waals surface area contributed by atoms with E-state index in [-0.39, 0.29) is 17.9 Å². The lowest BCUT2D eigenvalue weighted by atomic mass is 9.74. The zero-order chi connectivity index (χ0) is 15.5. The largest absolute Gasteiger partial charge is 0.481 e. The van der Waals surface area contributed by atoms with E-state index in [1.165, 1.54) is 5.56 Å². The van der Waals surface area contributed by atoms with Gasteiger partial charge in [-0.1, -0.05) is 36.8 Å². The van der Waals surface area contributed by atoms with Crippen LogP contribution in [0.4, 0.5) is 0 Å². The minimum atomic E-state index is -0.717. The molecule has 0 amide bonds. The first-order valence-electron chi connectivity index (χ1n) is 7.86. The third kappa shape index (κ3) is 4.07. The number of rotatable bonds is 5. The van der Waals surface area contributed by atoms with E-state index >= 15 is 0 Å². The summed E-state index contributed by atoms with van der Waals surface area (Å²) < 4.78 is 5.91. The molecule has 1 fully saturated rings. The lowest BCUT2D eigenvalue weighted by molar-refractivity contribution is -0.139. The highest BCUT2D eigenvalue weighted by Crippen LogP contribution is 2.41. The van der Waals surface area contributed by atoms with Crippen LogP contribution in [0.1, 0.15) is 56.6 Å². The van der Waals surface area contributed by atoms with Crippen LogP contribution in [-0.2, 0) is 9.53 Å². The average Bonchev–Trinajstić information content (AvgIpc) is 2.46. The van der Waals surface area contributed by atoms with E-state index in [2.05, 4.69) is 45.0 Å². The Labute approximate surface area is 127 Å².